The fourth-order valence-corrected chi connectivity index (χ4v) is 2.38. The van der Waals surface area contributed by atoms with Gasteiger partial charge in [-0.05, 0) is 6.92 Å². The molecule has 1 aliphatic heterocycles. The van der Waals surface area contributed by atoms with Crippen molar-refractivity contribution in [2.24, 2.45) is 5.84 Å². The van der Waals surface area contributed by atoms with Crippen LogP contribution in [-0.2, 0) is 0 Å². The van der Waals surface area contributed by atoms with Crippen LogP contribution >= 0.6 is 11.8 Å². The van der Waals surface area contributed by atoms with E-state index in [1.165, 1.54) is 0 Å². The summed E-state index contributed by atoms with van der Waals surface area (Å²) >= 11 is 1.75. The maximum absolute atomic E-state index is 13.8. The summed E-state index contributed by atoms with van der Waals surface area (Å²) in [6.45, 7) is 2.52. The minimum atomic E-state index is -0.481. The highest BCUT2D eigenvalue weighted by Gasteiger charge is 2.21. The zero-order chi connectivity index (χ0) is 10.8. The molecule has 0 saturated carbocycles. The van der Waals surface area contributed by atoms with Gasteiger partial charge in [-0.25, -0.2) is 15.8 Å². The molecule has 2 heterocycles. The first-order valence-corrected chi connectivity index (χ1v) is 5.71. The second-order valence-corrected chi connectivity index (χ2v) is 4.28. The topological polar surface area (TPSA) is 67.1 Å². The number of hydrazine groups is 1. The van der Waals surface area contributed by atoms with Crippen molar-refractivity contribution in [3.05, 3.63) is 11.6 Å². The van der Waals surface area contributed by atoms with Crippen LogP contribution in [0.1, 0.15) is 5.82 Å². The summed E-state index contributed by atoms with van der Waals surface area (Å²) in [5, 5.41) is 0. The smallest absolute Gasteiger partial charge is 0.209 e. The molecule has 0 spiro atoms. The Bertz CT molecular complexity index is 366. The molecular formula is C8H12FN5S. The van der Waals surface area contributed by atoms with Crippen molar-refractivity contribution in [1.29, 1.82) is 0 Å². The lowest BCUT2D eigenvalue weighted by molar-refractivity contribution is 0.610. The number of hydrogen-bond donors (Lipinski definition) is 2. The second-order valence-electron chi connectivity index (χ2n) is 3.20. The molecule has 0 radical (unpaired) electrons. The van der Waals surface area contributed by atoms with Crippen molar-refractivity contribution in [3.63, 3.8) is 0 Å². The number of aromatic nitrogens is 2. The van der Waals surface area contributed by atoms with E-state index in [4.69, 9.17) is 5.84 Å². The number of nitrogens with one attached hydrogen (secondary N) is 1. The standard InChI is InChI=1S/C8H12FN5S/c1-5-11-7(13-10)6(9)8(12-5)14-2-3-15-4-14/h2-4,10H2,1H3,(H,11,12,13). The minimum Gasteiger partial charge on any atom is -0.344 e. The van der Waals surface area contributed by atoms with E-state index in [1.807, 2.05) is 4.90 Å². The lowest BCUT2D eigenvalue weighted by atomic mass is 10.4. The molecule has 7 heteroatoms. The van der Waals surface area contributed by atoms with Crippen molar-refractivity contribution in [2.45, 2.75) is 6.92 Å². The van der Waals surface area contributed by atoms with Crippen LogP contribution in [0.5, 0.6) is 0 Å². The highest BCUT2D eigenvalue weighted by molar-refractivity contribution is 7.99. The highest BCUT2D eigenvalue weighted by atomic mass is 32.2. The van der Waals surface area contributed by atoms with Gasteiger partial charge in [0.25, 0.3) is 0 Å². The van der Waals surface area contributed by atoms with E-state index >= 15 is 0 Å². The molecule has 0 bridgehead atoms. The van der Waals surface area contributed by atoms with Crippen molar-refractivity contribution in [3.8, 4) is 0 Å². The number of aryl methyl sites for hydroxylation is 1. The molecule has 1 aromatic heterocycles. The van der Waals surface area contributed by atoms with E-state index < -0.39 is 5.82 Å². The fourth-order valence-electron chi connectivity index (χ4n) is 1.43. The Morgan fingerprint density at radius 3 is 2.93 bits per heavy atom. The normalized spacial score (nSPS) is 15.8. The van der Waals surface area contributed by atoms with Crippen molar-refractivity contribution in [2.75, 3.05) is 28.5 Å². The summed E-state index contributed by atoms with van der Waals surface area (Å²) < 4.78 is 13.8. The predicted octanol–water partition coefficient (Wildman–Crippen LogP) is 0.720. The molecule has 0 aromatic carbocycles. The van der Waals surface area contributed by atoms with Crippen molar-refractivity contribution >= 4 is 23.4 Å². The van der Waals surface area contributed by atoms with Gasteiger partial charge in [-0.1, -0.05) is 0 Å². The highest BCUT2D eigenvalue weighted by Crippen LogP contribution is 2.26. The Labute approximate surface area is 91.2 Å². The molecule has 1 fully saturated rings. The first-order valence-electron chi connectivity index (χ1n) is 4.56. The van der Waals surface area contributed by atoms with E-state index in [-0.39, 0.29) is 5.82 Å². The Morgan fingerprint density at radius 2 is 2.33 bits per heavy atom. The quantitative estimate of drug-likeness (QED) is 0.575. The number of nitrogens with zero attached hydrogens (tertiary/aromatic N) is 3. The van der Waals surface area contributed by atoms with Crippen LogP contribution in [0, 0.1) is 12.7 Å². The number of thioether (sulfide) groups is 1. The van der Waals surface area contributed by atoms with E-state index in [1.54, 1.807) is 18.7 Å². The van der Waals surface area contributed by atoms with Gasteiger partial charge in [-0.2, -0.15) is 4.39 Å². The number of nitrogens with two attached hydrogens (primary N) is 1. The van der Waals surface area contributed by atoms with Crippen LogP contribution in [0.4, 0.5) is 16.0 Å². The molecule has 5 nitrogen and oxygen atoms in total. The van der Waals surface area contributed by atoms with E-state index in [0.717, 1.165) is 18.2 Å². The van der Waals surface area contributed by atoms with E-state index in [9.17, 15) is 4.39 Å². The Balaban J connectivity index is 2.40. The van der Waals surface area contributed by atoms with Crippen LogP contribution in [0.3, 0.4) is 0 Å². The average molecular weight is 229 g/mol. The van der Waals surface area contributed by atoms with Gasteiger partial charge in [0.05, 0.1) is 5.88 Å². The fraction of sp³-hybridized carbons (Fsp3) is 0.500. The maximum atomic E-state index is 13.8. The van der Waals surface area contributed by atoms with Crippen LogP contribution in [0.2, 0.25) is 0 Å². The Morgan fingerprint density at radius 1 is 1.53 bits per heavy atom. The summed E-state index contributed by atoms with van der Waals surface area (Å²) in [4.78, 5) is 9.85. The van der Waals surface area contributed by atoms with Gasteiger partial charge >= 0.3 is 0 Å². The summed E-state index contributed by atoms with van der Waals surface area (Å²) in [5.41, 5.74) is 2.24. The third kappa shape index (κ3) is 1.98. The van der Waals surface area contributed by atoms with Gasteiger partial charge < -0.3 is 10.3 Å². The molecule has 0 aliphatic carbocycles. The Kier molecular flexibility index (Phi) is 2.92. The number of nitrogen functional groups attached to an aromatic ring is 1. The minimum absolute atomic E-state index is 0.0504. The first kappa shape index (κ1) is 10.4. The zero-order valence-corrected chi connectivity index (χ0v) is 9.14. The van der Waals surface area contributed by atoms with Crippen LogP contribution in [0.15, 0.2) is 0 Å². The van der Waals surface area contributed by atoms with Gasteiger partial charge in [0, 0.05) is 12.3 Å². The molecule has 2 rings (SSSR count). The van der Waals surface area contributed by atoms with Gasteiger partial charge in [0.2, 0.25) is 5.82 Å². The molecular weight excluding hydrogens is 217 g/mol. The third-order valence-electron chi connectivity index (χ3n) is 2.13. The van der Waals surface area contributed by atoms with Crippen molar-refractivity contribution < 1.29 is 4.39 Å². The van der Waals surface area contributed by atoms with Gasteiger partial charge in [0.15, 0.2) is 11.6 Å². The van der Waals surface area contributed by atoms with Gasteiger partial charge in [0.1, 0.15) is 5.82 Å². The monoisotopic (exact) mass is 229 g/mol. The Hall–Kier alpha value is -1.08. The molecule has 0 unspecified atom stereocenters. The van der Waals surface area contributed by atoms with Gasteiger partial charge in [-0.3, -0.25) is 0 Å². The SMILES string of the molecule is Cc1nc(NN)c(F)c(N2CCSC2)n1. The maximum Gasteiger partial charge on any atom is 0.209 e. The lowest BCUT2D eigenvalue weighted by Crippen LogP contribution is -2.23. The number of rotatable bonds is 2. The van der Waals surface area contributed by atoms with E-state index in [0.29, 0.717) is 11.6 Å². The average Bonchev–Trinajstić information content (AvgIpc) is 2.74. The predicted molar refractivity (Wildman–Crippen MR) is 59.2 cm³/mol. The third-order valence-corrected chi connectivity index (χ3v) is 3.10. The molecule has 1 aliphatic rings. The summed E-state index contributed by atoms with van der Waals surface area (Å²) in [5.74, 6) is 7.35. The summed E-state index contributed by atoms with van der Waals surface area (Å²) in [6.07, 6.45) is 0. The molecule has 15 heavy (non-hydrogen) atoms. The molecule has 82 valence electrons. The number of hydrogen-bond acceptors (Lipinski definition) is 6. The summed E-state index contributed by atoms with van der Waals surface area (Å²) in [7, 11) is 0. The molecule has 0 atom stereocenters. The van der Waals surface area contributed by atoms with Gasteiger partial charge in [-0.15, -0.1) is 11.8 Å². The number of anilines is 2. The lowest BCUT2D eigenvalue weighted by Gasteiger charge is -2.17. The first-order chi connectivity index (χ1) is 7.22. The van der Waals surface area contributed by atoms with Crippen LogP contribution in [0.25, 0.3) is 0 Å². The molecule has 1 aromatic rings. The van der Waals surface area contributed by atoms with E-state index in [2.05, 4.69) is 15.4 Å². The molecule has 0 amide bonds. The molecule has 1 saturated heterocycles. The van der Waals surface area contributed by atoms with Crippen LogP contribution < -0.4 is 16.2 Å². The van der Waals surface area contributed by atoms with Crippen LogP contribution in [-0.4, -0.2) is 28.1 Å². The summed E-state index contributed by atoms with van der Waals surface area (Å²) in [6, 6.07) is 0. The van der Waals surface area contributed by atoms with Crippen molar-refractivity contribution in [1.82, 2.24) is 9.97 Å². The number of halogens is 1. The second kappa shape index (κ2) is 4.19. The zero-order valence-electron chi connectivity index (χ0n) is 8.33. The molecule has 3 N–H and O–H groups in total. The largest absolute Gasteiger partial charge is 0.344 e.